The van der Waals surface area contributed by atoms with Crippen LogP contribution in [0.4, 0.5) is 0 Å². The van der Waals surface area contributed by atoms with Gasteiger partial charge in [0.25, 0.3) is 0 Å². The summed E-state index contributed by atoms with van der Waals surface area (Å²) in [5, 5.41) is 37.5. The molecule has 0 N–H and O–H groups in total. The number of hydrogen-bond donors (Lipinski definition) is 0. The second-order valence-corrected chi connectivity index (χ2v) is 31.9. The average Bonchev–Trinajstić information content (AvgIpc) is 2.88. The summed E-state index contributed by atoms with van der Waals surface area (Å²) in [4.78, 5) is 14.8. The Morgan fingerprint density at radius 1 is 0.382 bits per heavy atom. The van der Waals surface area contributed by atoms with E-state index in [1.54, 1.807) is 13.3 Å². The molecular formula is C24H45FeN6Sn3. The molecule has 0 aliphatic rings. The van der Waals surface area contributed by atoms with Crippen molar-refractivity contribution in [2.75, 3.05) is 0 Å². The topological polar surface area (TPSA) is 143 Å². The zero-order valence-electron chi connectivity index (χ0n) is 22.9. The van der Waals surface area contributed by atoms with Gasteiger partial charge < -0.3 is 71.0 Å². The zero-order chi connectivity index (χ0) is 29.1. The molecule has 0 saturated heterocycles. The normalized spacial score (nSPS) is 5.91. The van der Waals surface area contributed by atoms with Gasteiger partial charge in [-0.15, -0.1) is 0 Å². The molecule has 0 atom stereocenters. The van der Waals surface area contributed by atoms with Gasteiger partial charge in [0, 0.05) is 0 Å². The van der Waals surface area contributed by atoms with Crippen LogP contribution in [0, 0.1) is 71.0 Å². The van der Waals surface area contributed by atoms with Gasteiger partial charge in [0.2, 0.25) is 0 Å². The van der Waals surface area contributed by atoms with Gasteiger partial charge in [-0.2, -0.15) is 0 Å². The number of rotatable bonds is 9. The second-order valence-electron chi connectivity index (χ2n) is 6.93. The summed E-state index contributed by atoms with van der Waals surface area (Å²) in [6.07, 6.45) is 8.65. The van der Waals surface area contributed by atoms with E-state index in [9.17, 15) is 0 Å². The Labute approximate surface area is 247 Å². The van der Waals surface area contributed by atoms with E-state index in [0.717, 1.165) is 0 Å². The van der Waals surface area contributed by atoms with Crippen LogP contribution in [-0.4, -0.2) is 59.3 Å². The van der Waals surface area contributed by atoms with Crippen molar-refractivity contribution in [2.24, 2.45) is 0 Å². The maximum Gasteiger partial charge on any atom is 3.00 e. The molecular weight excluding hydrogens is 784 g/mol. The fourth-order valence-corrected chi connectivity index (χ4v) is 10.7. The van der Waals surface area contributed by atoms with Crippen molar-refractivity contribution >= 4 is 59.3 Å². The fourth-order valence-electron chi connectivity index (χ4n) is 1.59. The standard InChI is InChI=1S/3C4H9.6CN.6CH3.Fe.3Sn/c3*1-3-4-2;6*1-2;;;;;;;;;;/h3*1,3-4H2,2H3;;;;;;;6*1H3;;;;/q;;;6*-1;;;;;;;+3;3*+1. The van der Waals surface area contributed by atoms with Gasteiger partial charge in [0.05, 0.1) is 0 Å². The molecule has 0 rings (SSSR count). The number of unbranched alkanes of at least 4 members (excludes halogenated alkanes) is 3. The first kappa shape index (κ1) is 64.2. The summed E-state index contributed by atoms with van der Waals surface area (Å²) < 4.78 is 4.79. The van der Waals surface area contributed by atoms with E-state index in [-0.39, 0.29) is 17.1 Å². The van der Waals surface area contributed by atoms with E-state index < -0.39 is 59.3 Å². The molecule has 6 nitrogen and oxygen atoms in total. The smallest absolute Gasteiger partial charge is 0.512 e. The van der Waals surface area contributed by atoms with Gasteiger partial charge in [-0.25, -0.2) is 0 Å². The first-order valence-corrected chi connectivity index (χ1v) is 33.7. The Bertz CT molecular complexity index is 305. The van der Waals surface area contributed by atoms with Crippen LogP contribution in [0.2, 0.25) is 42.9 Å². The Kier molecular flexibility index (Phi) is 198. The van der Waals surface area contributed by atoms with E-state index in [4.69, 9.17) is 71.0 Å². The first-order chi connectivity index (χ1) is 15.8. The van der Waals surface area contributed by atoms with Gasteiger partial charge in [0.15, 0.2) is 0 Å². The summed E-state index contributed by atoms with van der Waals surface area (Å²) in [7, 11) is 0. The molecule has 0 aliphatic carbocycles. The van der Waals surface area contributed by atoms with Crippen LogP contribution in [0.15, 0.2) is 0 Å². The minimum absolute atomic E-state index is 0. The van der Waals surface area contributed by atoms with Crippen LogP contribution in [0.1, 0.15) is 59.3 Å². The van der Waals surface area contributed by atoms with Gasteiger partial charge in [-0.05, 0) is 0 Å². The molecule has 0 aromatic rings. The van der Waals surface area contributed by atoms with E-state index in [1.807, 2.05) is 0 Å². The largest absolute Gasteiger partial charge is 3.00 e. The summed E-state index contributed by atoms with van der Waals surface area (Å²) in [6.45, 7) is 35.3. The predicted molar refractivity (Wildman–Crippen MR) is 141 cm³/mol. The molecule has 10 heteroatoms. The van der Waals surface area contributed by atoms with Crippen LogP contribution in [0.3, 0.4) is 0 Å². The number of nitrogens with zero attached hydrogens (tertiary/aromatic N) is 6. The first-order valence-electron chi connectivity index (χ1n) is 10.5. The molecule has 0 saturated carbocycles. The van der Waals surface area contributed by atoms with E-state index >= 15 is 0 Å². The molecule has 0 aliphatic heterocycles. The van der Waals surface area contributed by atoms with Crippen LogP contribution in [0.5, 0.6) is 0 Å². The molecule has 0 spiro atoms. The Balaban J connectivity index is -0.0000000256. The van der Waals surface area contributed by atoms with E-state index in [2.05, 4.69) is 50.4 Å². The van der Waals surface area contributed by atoms with Crippen LogP contribution in [-0.2, 0) is 17.1 Å². The second kappa shape index (κ2) is 105. The van der Waals surface area contributed by atoms with Gasteiger partial charge in [-0.3, -0.25) is 0 Å². The van der Waals surface area contributed by atoms with Crippen LogP contribution in [0.25, 0.3) is 0 Å². The fraction of sp³-hybridized carbons (Fsp3) is 0.750. The molecule has 0 amide bonds. The Morgan fingerprint density at radius 3 is 0.529 bits per heavy atom. The molecule has 34 heavy (non-hydrogen) atoms. The molecule has 0 aromatic carbocycles. The third-order valence-electron chi connectivity index (χ3n) is 3.09. The molecule has 0 bridgehead atoms. The van der Waals surface area contributed by atoms with Crippen molar-refractivity contribution in [3.63, 3.8) is 0 Å². The average molecular weight is 830 g/mol. The molecule has 0 unspecified atom stereocenters. The van der Waals surface area contributed by atoms with Crippen molar-refractivity contribution in [3.05, 3.63) is 39.4 Å². The molecule has 191 valence electrons. The quantitative estimate of drug-likeness (QED) is 0.169. The molecule has 0 fully saturated rings. The summed E-state index contributed by atoms with van der Waals surface area (Å²) in [6, 6.07) is 0. The van der Waals surface area contributed by atoms with Crippen LogP contribution >= 0.6 is 0 Å². The van der Waals surface area contributed by atoms with Crippen molar-refractivity contribution < 1.29 is 17.1 Å². The summed E-state index contributed by atoms with van der Waals surface area (Å²) in [5.74, 6) is 0. The monoisotopic (exact) mass is 833 g/mol. The molecule has 0 aromatic heterocycles. The van der Waals surface area contributed by atoms with Crippen molar-refractivity contribution in [1.29, 1.82) is 31.6 Å². The Morgan fingerprint density at radius 2 is 0.500 bits per heavy atom. The van der Waals surface area contributed by atoms with Crippen LogP contribution < -0.4 is 0 Å². The minimum atomic E-state index is -0.642. The zero-order valence-corrected chi connectivity index (χ0v) is 32.6. The maximum absolute atomic E-state index is 6.25. The van der Waals surface area contributed by atoms with E-state index in [1.165, 1.54) is 38.5 Å². The summed E-state index contributed by atoms with van der Waals surface area (Å²) >= 11 is -1.93. The van der Waals surface area contributed by atoms with E-state index in [0.29, 0.717) is 0 Å². The van der Waals surface area contributed by atoms with Crippen molar-refractivity contribution in [3.8, 4) is 0 Å². The van der Waals surface area contributed by atoms with Crippen molar-refractivity contribution in [1.82, 2.24) is 0 Å². The molecule has 1 radical (unpaired) electrons. The Hall–Kier alpha value is -0.144. The predicted octanol–water partition coefficient (Wildman–Crippen LogP) is 8.20. The minimum Gasteiger partial charge on any atom is -0.512 e. The maximum atomic E-state index is 6.25. The third kappa shape index (κ3) is 216. The summed E-state index contributed by atoms with van der Waals surface area (Å²) in [5.41, 5.74) is 0. The van der Waals surface area contributed by atoms with Gasteiger partial charge in [0.1, 0.15) is 0 Å². The third-order valence-corrected chi connectivity index (χ3v) is 14.7. The van der Waals surface area contributed by atoms with Gasteiger partial charge in [-0.1, -0.05) is 0 Å². The molecule has 0 heterocycles. The number of hydrogen-bond acceptors (Lipinski definition) is 6. The van der Waals surface area contributed by atoms with Crippen molar-refractivity contribution in [2.45, 2.75) is 102 Å². The SMILES string of the molecule is CCC[CH2][Sn+]([CH3])[CH3].CCC[CH2][Sn+]([CH3])[CH3].CCC[CH2][Sn+]([CH3])[CH3].[C-]#N.[C-]#N.[C-]#N.[C-]#N.[C-]#N.[C-]#N.[Fe+3]. The van der Waals surface area contributed by atoms with Gasteiger partial charge >= 0.3 is 179 Å².